The molecule has 1 aromatic carbocycles. The molecule has 0 aromatic heterocycles. The summed E-state index contributed by atoms with van der Waals surface area (Å²) in [5, 5.41) is 10.7. The Bertz CT molecular complexity index is 576. The fraction of sp³-hybridized carbons (Fsp3) is 0.200. The van der Waals surface area contributed by atoms with Crippen LogP contribution in [-0.2, 0) is 14.3 Å². The highest BCUT2D eigenvalue weighted by atomic mass is 35.5. The number of hydrogen-bond acceptors (Lipinski definition) is 5. The molecule has 0 saturated carbocycles. The number of aliphatic hydroxyl groups is 1. The number of allylic oxidation sites excluding steroid dienone is 1. The quantitative estimate of drug-likeness (QED) is 0.284. The lowest BCUT2D eigenvalue weighted by atomic mass is 10.1. The van der Waals surface area contributed by atoms with Gasteiger partial charge in [-0.3, -0.25) is 4.79 Å². The van der Waals surface area contributed by atoms with Gasteiger partial charge < -0.3 is 9.84 Å². The Hall–Kier alpha value is -1.72. The first kappa shape index (κ1) is 17.3. The van der Waals surface area contributed by atoms with E-state index in [1.807, 2.05) is 0 Å². The second kappa shape index (κ2) is 8.54. The largest absolute Gasteiger partial charge is 0.506 e. The van der Waals surface area contributed by atoms with E-state index in [1.54, 1.807) is 37.4 Å². The van der Waals surface area contributed by atoms with Gasteiger partial charge in [-0.25, -0.2) is 4.79 Å². The molecule has 0 radical (unpaired) electrons. The summed E-state index contributed by atoms with van der Waals surface area (Å²) in [6.07, 6.45) is 4.21. The zero-order valence-electron chi connectivity index (χ0n) is 11.6. The van der Waals surface area contributed by atoms with Gasteiger partial charge in [0.05, 0.1) is 6.61 Å². The highest BCUT2D eigenvalue weighted by molar-refractivity contribution is 8.02. The SMILES string of the molecule is CCOC(=O)C(=O)/C=C/C(SC)=C(\O)c1ccc(Cl)cc1. The lowest BCUT2D eigenvalue weighted by molar-refractivity contribution is -0.151. The molecule has 0 saturated heterocycles. The molecule has 0 atom stereocenters. The van der Waals surface area contributed by atoms with Gasteiger partial charge in [-0.05, 0) is 49.6 Å². The lowest BCUT2D eigenvalue weighted by Crippen LogP contribution is -2.14. The van der Waals surface area contributed by atoms with Gasteiger partial charge >= 0.3 is 5.97 Å². The van der Waals surface area contributed by atoms with E-state index in [1.165, 1.54) is 17.8 Å². The molecule has 0 unspecified atom stereocenters. The third-order valence-electron chi connectivity index (χ3n) is 2.43. The maximum atomic E-state index is 11.5. The Labute approximate surface area is 132 Å². The lowest BCUT2D eigenvalue weighted by Gasteiger charge is -2.05. The first-order chi connectivity index (χ1) is 9.99. The van der Waals surface area contributed by atoms with E-state index in [2.05, 4.69) is 4.74 Å². The summed E-state index contributed by atoms with van der Waals surface area (Å²) >= 11 is 7.03. The number of carbonyl (C=O) groups is 2. The Morgan fingerprint density at radius 3 is 2.43 bits per heavy atom. The number of thioether (sulfide) groups is 1. The Kier molecular flexibility index (Phi) is 7.05. The molecule has 0 heterocycles. The average molecular weight is 327 g/mol. The number of ketones is 1. The van der Waals surface area contributed by atoms with Crippen LogP contribution >= 0.6 is 23.4 Å². The van der Waals surface area contributed by atoms with Crippen LogP contribution in [0, 0.1) is 0 Å². The van der Waals surface area contributed by atoms with E-state index in [0.29, 0.717) is 15.5 Å². The summed E-state index contributed by atoms with van der Waals surface area (Å²) < 4.78 is 4.59. The summed E-state index contributed by atoms with van der Waals surface area (Å²) in [6.45, 7) is 1.76. The van der Waals surface area contributed by atoms with Crippen LogP contribution in [0.1, 0.15) is 12.5 Å². The first-order valence-electron chi connectivity index (χ1n) is 6.12. The molecule has 1 N–H and O–H groups in total. The second-order valence-corrected chi connectivity index (χ2v) is 5.13. The fourth-order valence-electron chi connectivity index (χ4n) is 1.42. The van der Waals surface area contributed by atoms with Gasteiger partial charge in [0.15, 0.2) is 0 Å². The minimum absolute atomic E-state index is 0.00655. The van der Waals surface area contributed by atoms with Crippen molar-refractivity contribution in [1.29, 1.82) is 0 Å². The molecule has 4 nitrogen and oxygen atoms in total. The summed E-state index contributed by atoms with van der Waals surface area (Å²) in [4.78, 5) is 23.1. The van der Waals surface area contributed by atoms with E-state index < -0.39 is 11.8 Å². The standard InChI is InChI=1S/C15H15ClO4S/c1-3-20-15(19)12(17)8-9-13(21-2)14(18)10-4-6-11(16)7-5-10/h4-9,18H,3H2,1-2H3/b9-8+,14-13+. The number of aliphatic hydroxyl groups excluding tert-OH is 1. The summed E-state index contributed by atoms with van der Waals surface area (Å²) in [7, 11) is 0. The van der Waals surface area contributed by atoms with Gasteiger partial charge in [0, 0.05) is 15.5 Å². The molecule has 1 rings (SSSR count). The molecule has 21 heavy (non-hydrogen) atoms. The molecule has 0 aliphatic carbocycles. The van der Waals surface area contributed by atoms with Crippen molar-refractivity contribution in [3.63, 3.8) is 0 Å². The summed E-state index contributed by atoms with van der Waals surface area (Å²) in [5.41, 5.74) is 0.567. The number of ether oxygens (including phenoxy) is 1. The molecule has 1 aromatic rings. The Balaban J connectivity index is 2.95. The summed E-state index contributed by atoms with van der Waals surface area (Å²) in [6, 6.07) is 6.63. The zero-order chi connectivity index (χ0) is 15.8. The predicted octanol–water partition coefficient (Wildman–Crippen LogP) is 3.62. The summed E-state index contributed by atoms with van der Waals surface area (Å²) in [5.74, 6) is -1.68. The number of carbonyl (C=O) groups excluding carboxylic acids is 2. The molecule has 0 amide bonds. The topological polar surface area (TPSA) is 63.6 Å². The molecule has 0 fully saturated rings. The highest BCUT2D eigenvalue weighted by Crippen LogP contribution is 2.25. The fourth-order valence-corrected chi connectivity index (χ4v) is 2.06. The molecule has 0 spiro atoms. The van der Waals surface area contributed by atoms with Crippen molar-refractivity contribution in [1.82, 2.24) is 0 Å². The molecule has 0 aliphatic rings. The van der Waals surface area contributed by atoms with E-state index in [0.717, 1.165) is 6.08 Å². The van der Waals surface area contributed by atoms with E-state index in [-0.39, 0.29) is 12.4 Å². The molecular weight excluding hydrogens is 312 g/mol. The van der Waals surface area contributed by atoms with Gasteiger partial charge in [0.2, 0.25) is 0 Å². The first-order valence-corrected chi connectivity index (χ1v) is 7.72. The Morgan fingerprint density at radius 1 is 1.29 bits per heavy atom. The number of hydrogen-bond donors (Lipinski definition) is 1. The van der Waals surface area contributed by atoms with Crippen molar-refractivity contribution in [3.05, 3.63) is 51.9 Å². The maximum Gasteiger partial charge on any atom is 0.379 e. The van der Waals surface area contributed by atoms with Gasteiger partial charge in [-0.1, -0.05) is 11.6 Å². The van der Waals surface area contributed by atoms with Crippen LogP contribution in [0.15, 0.2) is 41.3 Å². The van der Waals surface area contributed by atoms with Crippen LogP contribution in [0.4, 0.5) is 0 Å². The van der Waals surface area contributed by atoms with E-state index in [4.69, 9.17) is 11.6 Å². The van der Waals surface area contributed by atoms with Crippen molar-refractivity contribution in [2.45, 2.75) is 6.92 Å². The molecule has 6 heteroatoms. The smallest absolute Gasteiger partial charge is 0.379 e. The monoisotopic (exact) mass is 326 g/mol. The van der Waals surface area contributed by atoms with Crippen LogP contribution in [0.25, 0.3) is 5.76 Å². The van der Waals surface area contributed by atoms with Gasteiger partial charge in [-0.2, -0.15) is 0 Å². The third kappa shape index (κ3) is 5.28. The van der Waals surface area contributed by atoms with E-state index in [9.17, 15) is 14.7 Å². The van der Waals surface area contributed by atoms with Crippen molar-refractivity contribution in [2.75, 3.05) is 12.9 Å². The van der Waals surface area contributed by atoms with Crippen molar-refractivity contribution < 1.29 is 19.4 Å². The van der Waals surface area contributed by atoms with Crippen LogP contribution in [0.2, 0.25) is 5.02 Å². The van der Waals surface area contributed by atoms with Gasteiger partial charge in [0.1, 0.15) is 5.76 Å². The maximum absolute atomic E-state index is 11.5. The third-order valence-corrected chi connectivity index (χ3v) is 3.45. The molecule has 0 bridgehead atoms. The minimum atomic E-state index is -0.916. The second-order valence-electron chi connectivity index (χ2n) is 3.84. The van der Waals surface area contributed by atoms with Gasteiger partial charge in [-0.15, -0.1) is 11.8 Å². The van der Waals surface area contributed by atoms with Crippen LogP contribution in [0.5, 0.6) is 0 Å². The Morgan fingerprint density at radius 2 is 1.90 bits per heavy atom. The highest BCUT2D eigenvalue weighted by Gasteiger charge is 2.12. The minimum Gasteiger partial charge on any atom is -0.506 e. The number of halogens is 1. The van der Waals surface area contributed by atoms with Crippen LogP contribution < -0.4 is 0 Å². The average Bonchev–Trinajstić information content (AvgIpc) is 2.48. The molecule has 0 aliphatic heterocycles. The number of benzene rings is 1. The molecular formula is C15H15ClO4S. The zero-order valence-corrected chi connectivity index (χ0v) is 13.2. The predicted molar refractivity (Wildman–Crippen MR) is 85.3 cm³/mol. The van der Waals surface area contributed by atoms with Crippen molar-refractivity contribution in [3.8, 4) is 0 Å². The van der Waals surface area contributed by atoms with Crippen LogP contribution in [0.3, 0.4) is 0 Å². The molecule has 112 valence electrons. The van der Waals surface area contributed by atoms with Gasteiger partial charge in [0.25, 0.3) is 5.78 Å². The van der Waals surface area contributed by atoms with Crippen LogP contribution in [-0.4, -0.2) is 29.7 Å². The normalized spacial score (nSPS) is 12.1. The van der Waals surface area contributed by atoms with Crippen molar-refractivity contribution in [2.24, 2.45) is 0 Å². The van der Waals surface area contributed by atoms with Crippen molar-refractivity contribution >= 4 is 40.9 Å². The van der Waals surface area contributed by atoms with E-state index >= 15 is 0 Å². The number of rotatable bonds is 6. The number of esters is 1.